The van der Waals surface area contributed by atoms with Crippen molar-refractivity contribution in [1.29, 1.82) is 0 Å². The molecule has 3 aromatic rings. The summed E-state index contributed by atoms with van der Waals surface area (Å²) in [4.78, 5) is 24.9. The van der Waals surface area contributed by atoms with E-state index in [0.717, 1.165) is 0 Å². The van der Waals surface area contributed by atoms with E-state index in [1.165, 1.54) is 10.7 Å². The molecule has 1 amide bonds. The first-order valence-corrected chi connectivity index (χ1v) is 7.45. The number of nitrogens with one attached hydrogen (secondary N) is 1. The summed E-state index contributed by atoms with van der Waals surface area (Å²) in [5.41, 5.74) is 0.326. The first-order chi connectivity index (χ1) is 11.0. The van der Waals surface area contributed by atoms with Gasteiger partial charge in [-0.25, -0.2) is 0 Å². The number of carbonyl (C=O) groups excluding carboxylic acids is 1. The maximum atomic E-state index is 12.5. The molecular weight excluding hydrogens is 337 g/mol. The van der Waals surface area contributed by atoms with Gasteiger partial charge in [0.15, 0.2) is 5.69 Å². The van der Waals surface area contributed by atoms with Crippen LogP contribution in [0.25, 0.3) is 10.9 Å². The second-order valence-electron chi connectivity index (χ2n) is 4.90. The van der Waals surface area contributed by atoms with E-state index in [2.05, 4.69) is 10.4 Å². The summed E-state index contributed by atoms with van der Waals surface area (Å²) in [5, 5.41) is 7.80. The summed E-state index contributed by atoms with van der Waals surface area (Å²) >= 11 is 11.9. The molecule has 0 spiro atoms. The first-order valence-electron chi connectivity index (χ1n) is 6.70. The number of benzene rings is 2. The van der Waals surface area contributed by atoms with E-state index in [1.807, 2.05) is 0 Å². The van der Waals surface area contributed by atoms with Crippen LogP contribution in [0.5, 0.6) is 0 Å². The minimum absolute atomic E-state index is 0.206. The highest BCUT2D eigenvalue weighted by atomic mass is 35.5. The summed E-state index contributed by atoms with van der Waals surface area (Å²) < 4.78 is 1.49. The molecule has 7 heteroatoms. The minimum Gasteiger partial charge on any atom is -0.319 e. The molecule has 0 unspecified atom stereocenters. The standard InChI is InChI=1S/C16H11Cl2N3O2/c1-21-13-5-3-2-4-10(13)15(22)14(20-21)16(23)19-12-8-9(17)6-7-11(12)18/h2-8H,1H3,(H,19,23). The molecule has 2 aromatic carbocycles. The number of para-hydroxylation sites is 1. The predicted octanol–water partition coefficient (Wildman–Crippen LogP) is 3.49. The summed E-state index contributed by atoms with van der Waals surface area (Å²) in [7, 11) is 1.67. The lowest BCUT2D eigenvalue weighted by molar-refractivity contribution is 0.101. The van der Waals surface area contributed by atoms with Crippen LogP contribution >= 0.6 is 23.2 Å². The summed E-state index contributed by atoms with van der Waals surface area (Å²) in [6.07, 6.45) is 0. The molecule has 0 atom stereocenters. The van der Waals surface area contributed by atoms with Crippen LogP contribution in [0.4, 0.5) is 5.69 Å². The van der Waals surface area contributed by atoms with E-state index in [-0.39, 0.29) is 5.69 Å². The van der Waals surface area contributed by atoms with E-state index in [9.17, 15) is 9.59 Å². The van der Waals surface area contributed by atoms with Crippen molar-refractivity contribution in [2.75, 3.05) is 5.32 Å². The molecule has 23 heavy (non-hydrogen) atoms. The van der Waals surface area contributed by atoms with Crippen LogP contribution in [0.2, 0.25) is 10.0 Å². The second-order valence-corrected chi connectivity index (χ2v) is 5.74. The second kappa shape index (κ2) is 6.02. The van der Waals surface area contributed by atoms with Crippen LogP contribution in [-0.4, -0.2) is 15.7 Å². The van der Waals surface area contributed by atoms with Crippen molar-refractivity contribution in [1.82, 2.24) is 9.78 Å². The van der Waals surface area contributed by atoms with Crippen LogP contribution in [0.1, 0.15) is 10.5 Å². The number of carbonyl (C=O) groups is 1. The number of hydrogen-bond acceptors (Lipinski definition) is 3. The van der Waals surface area contributed by atoms with Crippen LogP contribution in [0.15, 0.2) is 47.3 Å². The number of hydrogen-bond donors (Lipinski definition) is 1. The van der Waals surface area contributed by atoms with E-state index >= 15 is 0 Å². The number of amides is 1. The van der Waals surface area contributed by atoms with Gasteiger partial charge in [-0.15, -0.1) is 0 Å². The highest BCUT2D eigenvalue weighted by Gasteiger charge is 2.17. The quantitative estimate of drug-likeness (QED) is 0.771. The molecule has 116 valence electrons. The Morgan fingerprint density at radius 3 is 2.70 bits per heavy atom. The molecule has 0 radical (unpaired) electrons. The maximum absolute atomic E-state index is 12.5. The summed E-state index contributed by atoms with van der Waals surface area (Å²) in [6.45, 7) is 0. The number of halogens is 2. The summed E-state index contributed by atoms with van der Waals surface area (Å²) in [6, 6.07) is 11.6. The van der Waals surface area contributed by atoms with E-state index in [4.69, 9.17) is 23.2 Å². The first kappa shape index (κ1) is 15.5. The molecule has 3 rings (SSSR count). The van der Waals surface area contributed by atoms with Gasteiger partial charge in [0.05, 0.1) is 16.2 Å². The number of anilines is 1. The topological polar surface area (TPSA) is 64.0 Å². The molecule has 1 N–H and O–H groups in total. The lowest BCUT2D eigenvalue weighted by Gasteiger charge is -2.09. The van der Waals surface area contributed by atoms with Gasteiger partial charge in [-0.1, -0.05) is 35.3 Å². The monoisotopic (exact) mass is 347 g/mol. The van der Waals surface area contributed by atoms with E-state index in [1.54, 1.807) is 43.4 Å². The number of nitrogens with zero attached hydrogens (tertiary/aromatic N) is 2. The Bertz CT molecular complexity index is 983. The Hall–Kier alpha value is -2.37. The van der Waals surface area contributed by atoms with Gasteiger partial charge in [0.2, 0.25) is 5.43 Å². The van der Waals surface area contributed by atoms with Crippen molar-refractivity contribution < 1.29 is 4.79 Å². The third-order valence-electron chi connectivity index (χ3n) is 3.35. The maximum Gasteiger partial charge on any atom is 0.280 e. The van der Waals surface area contributed by atoms with Crippen LogP contribution in [0.3, 0.4) is 0 Å². The van der Waals surface area contributed by atoms with Gasteiger partial charge in [-0.2, -0.15) is 5.10 Å². The number of fused-ring (bicyclic) bond motifs is 1. The van der Waals surface area contributed by atoms with Gasteiger partial charge in [-0.05, 0) is 30.3 Å². The number of rotatable bonds is 2. The van der Waals surface area contributed by atoms with Gasteiger partial charge in [0.25, 0.3) is 5.91 Å². The molecule has 5 nitrogen and oxygen atoms in total. The smallest absolute Gasteiger partial charge is 0.280 e. The fourth-order valence-electron chi connectivity index (χ4n) is 2.25. The molecule has 0 aliphatic heterocycles. The van der Waals surface area contributed by atoms with Crippen molar-refractivity contribution in [2.24, 2.45) is 7.05 Å². The highest BCUT2D eigenvalue weighted by Crippen LogP contribution is 2.25. The van der Waals surface area contributed by atoms with Crippen LogP contribution in [-0.2, 0) is 7.05 Å². The predicted molar refractivity (Wildman–Crippen MR) is 91.4 cm³/mol. The van der Waals surface area contributed by atoms with E-state index in [0.29, 0.717) is 26.6 Å². The van der Waals surface area contributed by atoms with E-state index < -0.39 is 11.3 Å². The van der Waals surface area contributed by atoms with Gasteiger partial charge in [-0.3, -0.25) is 14.3 Å². The Kier molecular flexibility index (Phi) is 4.07. The van der Waals surface area contributed by atoms with Crippen molar-refractivity contribution in [3.8, 4) is 0 Å². The fraction of sp³-hybridized carbons (Fsp3) is 0.0625. The third-order valence-corrected chi connectivity index (χ3v) is 3.92. The highest BCUT2D eigenvalue weighted by molar-refractivity contribution is 6.35. The zero-order chi connectivity index (χ0) is 16.6. The summed E-state index contributed by atoms with van der Waals surface area (Å²) in [5.74, 6) is -0.638. The fourth-order valence-corrected chi connectivity index (χ4v) is 2.58. The average molecular weight is 348 g/mol. The van der Waals surface area contributed by atoms with Gasteiger partial charge >= 0.3 is 0 Å². The van der Waals surface area contributed by atoms with Crippen molar-refractivity contribution >= 4 is 45.7 Å². The Morgan fingerprint density at radius 1 is 1.17 bits per heavy atom. The lowest BCUT2D eigenvalue weighted by Crippen LogP contribution is -2.26. The molecule has 0 saturated carbocycles. The zero-order valence-corrected chi connectivity index (χ0v) is 13.5. The molecule has 0 fully saturated rings. The molecule has 0 bridgehead atoms. The molecule has 0 aliphatic carbocycles. The molecule has 0 aliphatic rings. The lowest BCUT2D eigenvalue weighted by atomic mass is 10.2. The molecular formula is C16H11Cl2N3O2. The van der Waals surface area contributed by atoms with Crippen LogP contribution in [0, 0.1) is 0 Å². The van der Waals surface area contributed by atoms with Crippen molar-refractivity contribution in [3.05, 3.63) is 68.4 Å². The zero-order valence-electron chi connectivity index (χ0n) is 12.0. The SMILES string of the molecule is Cn1nc(C(=O)Nc2cc(Cl)ccc2Cl)c(=O)c2ccccc21. The molecule has 1 aromatic heterocycles. The van der Waals surface area contributed by atoms with Crippen LogP contribution < -0.4 is 10.7 Å². The Morgan fingerprint density at radius 2 is 1.91 bits per heavy atom. The number of aromatic nitrogens is 2. The van der Waals surface area contributed by atoms with Gasteiger partial charge in [0, 0.05) is 17.5 Å². The molecule has 0 saturated heterocycles. The Labute approximate surface area is 141 Å². The largest absolute Gasteiger partial charge is 0.319 e. The third kappa shape index (κ3) is 2.93. The number of aryl methyl sites for hydroxylation is 1. The Balaban J connectivity index is 2.06. The normalized spacial score (nSPS) is 10.7. The minimum atomic E-state index is -0.638. The average Bonchev–Trinajstić information content (AvgIpc) is 2.54. The van der Waals surface area contributed by atoms with Gasteiger partial charge in [0.1, 0.15) is 0 Å². The van der Waals surface area contributed by atoms with Gasteiger partial charge < -0.3 is 5.32 Å². The van der Waals surface area contributed by atoms with Crippen molar-refractivity contribution in [2.45, 2.75) is 0 Å². The molecule has 1 heterocycles. The van der Waals surface area contributed by atoms with Crippen molar-refractivity contribution in [3.63, 3.8) is 0 Å².